The first-order chi connectivity index (χ1) is 11.2. The first-order valence-electron chi connectivity index (χ1n) is 7.65. The minimum atomic E-state index is -0.235. The highest BCUT2D eigenvalue weighted by molar-refractivity contribution is 5.94. The predicted molar refractivity (Wildman–Crippen MR) is 84.5 cm³/mol. The third-order valence-corrected chi connectivity index (χ3v) is 3.65. The molecule has 1 heterocycles. The van der Waals surface area contributed by atoms with Crippen molar-refractivity contribution < 1.29 is 18.7 Å². The summed E-state index contributed by atoms with van der Waals surface area (Å²) in [4.78, 5) is 12.1. The number of halogens is 1. The topological polar surface area (TPSA) is 47.6 Å². The molecule has 1 aliphatic heterocycles. The molecule has 1 aliphatic rings. The van der Waals surface area contributed by atoms with Crippen LogP contribution in [0.15, 0.2) is 42.5 Å². The van der Waals surface area contributed by atoms with Gasteiger partial charge in [0.05, 0.1) is 0 Å². The number of hydrogen-bond donors (Lipinski definition) is 1. The first-order valence-corrected chi connectivity index (χ1v) is 7.65. The van der Waals surface area contributed by atoms with Crippen LogP contribution in [0.1, 0.15) is 22.3 Å². The van der Waals surface area contributed by atoms with Crippen LogP contribution in [-0.2, 0) is 6.42 Å². The van der Waals surface area contributed by atoms with Crippen molar-refractivity contribution in [1.82, 2.24) is 5.32 Å². The Morgan fingerprint density at radius 1 is 1.04 bits per heavy atom. The van der Waals surface area contributed by atoms with E-state index < -0.39 is 0 Å². The highest BCUT2D eigenvalue weighted by atomic mass is 19.1. The number of benzene rings is 2. The SMILES string of the molecule is O=C(NCCCc1ccc(F)cc1)c1ccc2c(c1)OCCO2. The van der Waals surface area contributed by atoms with E-state index in [9.17, 15) is 9.18 Å². The van der Waals surface area contributed by atoms with Gasteiger partial charge in [0.2, 0.25) is 0 Å². The summed E-state index contributed by atoms with van der Waals surface area (Å²) in [5.41, 5.74) is 1.61. The standard InChI is InChI=1S/C18H18FNO3/c19-15-6-3-13(4-7-15)2-1-9-20-18(21)14-5-8-16-17(12-14)23-11-10-22-16/h3-8,12H,1-2,9-11H2,(H,20,21). The molecular formula is C18H18FNO3. The van der Waals surface area contributed by atoms with Gasteiger partial charge in [-0.1, -0.05) is 12.1 Å². The van der Waals surface area contributed by atoms with Gasteiger partial charge in [0.1, 0.15) is 19.0 Å². The molecule has 0 bridgehead atoms. The minimum absolute atomic E-state index is 0.138. The van der Waals surface area contributed by atoms with Crippen LogP contribution in [0.2, 0.25) is 0 Å². The summed E-state index contributed by atoms with van der Waals surface area (Å²) in [6.07, 6.45) is 1.59. The molecule has 0 unspecified atom stereocenters. The molecule has 0 aromatic heterocycles. The number of amides is 1. The van der Waals surface area contributed by atoms with Crippen molar-refractivity contribution in [1.29, 1.82) is 0 Å². The van der Waals surface area contributed by atoms with Gasteiger partial charge in [-0.25, -0.2) is 4.39 Å². The van der Waals surface area contributed by atoms with Crippen molar-refractivity contribution in [2.45, 2.75) is 12.8 Å². The third-order valence-electron chi connectivity index (χ3n) is 3.65. The zero-order chi connectivity index (χ0) is 16.1. The number of aryl methyl sites for hydroxylation is 1. The van der Waals surface area contributed by atoms with Gasteiger partial charge >= 0.3 is 0 Å². The number of nitrogens with one attached hydrogen (secondary N) is 1. The molecule has 0 radical (unpaired) electrons. The highest BCUT2D eigenvalue weighted by Crippen LogP contribution is 2.30. The fourth-order valence-corrected chi connectivity index (χ4v) is 2.43. The Balaban J connectivity index is 1.48. The molecule has 0 aliphatic carbocycles. The second-order valence-electron chi connectivity index (χ2n) is 5.34. The van der Waals surface area contributed by atoms with E-state index in [1.165, 1.54) is 12.1 Å². The quantitative estimate of drug-likeness (QED) is 0.863. The number of fused-ring (bicyclic) bond motifs is 1. The van der Waals surface area contributed by atoms with E-state index in [0.29, 0.717) is 36.8 Å². The Labute approximate surface area is 134 Å². The Kier molecular flexibility index (Phi) is 4.76. The van der Waals surface area contributed by atoms with Crippen molar-refractivity contribution in [2.24, 2.45) is 0 Å². The summed E-state index contributed by atoms with van der Waals surface area (Å²) in [7, 11) is 0. The van der Waals surface area contributed by atoms with Crippen LogP contribution in [0.3, 0.4) is 0 Å². The average molecular weight is 315 g/mol. The lowest BCUT2D eigenvalue weighted by atomic mass is 10.1. The zero-order valence-corrected chi connectivity index (χ0v) is 12.7. The number of ether oxygens (including phenoxy) is 2. The summed E-state index contributed by atoms with van der Waals surface area (Å²) in [6.45, 7) is 1.59. The largest absolute Gasteiger partial charge is 0.486 e. The third kappa shape index (κ3) is 4.00. The molecule has 0 saturated heterocycles. The van der Waals surface area contributed by atoms with Gasteiger partial charge < -0.3 is 14.8 Å². The van der Waals surface area contributed by atoms with Gasteiger partial charge in [-0.2, -0.15) is 0 Å². The second-order valence-corrected chi connectivity index (χ2v) is 5.34. The van der Waals surface area contributed by atoms with Gasteiger partial charge in [-0.15, -0.1) is 0 Å². The van der Waals surface area contributed by atoms with E-state index in [4.69, 9.17) is 9.47 Å². The van der Waals surface area contributed by atoms with E-state index in [1.54, 1.807) is 30.3 Å². The molecule has 5 heteroatoms. The molecule has 0 fully saturated rings. The molecule has 0 spiro atoms. The minimum Gasteiger partial charge on any atom is -0.486 e. The first kappa shape index (κ1) is 15.3. The Hall–Kier alpha value is -2.56. The molecule has 1 N–H and O–H groups in total. The predicted octanol–water partition coefficient (Wildman–Crippen LogP) is 2.96. The Morgan fingerprint density at radius 2 is 1.78 bits per heavy atom. The average Bonchev–Trinajstić information content (AvgIpc) is 2.59. The molecule has 2 aromatic carbocycles. The molecule has 0 saturated carbocycles. The molecular weight excluding hydrogens is 297 g/mol. The molecule has 0 atom stereocenters. The lowest BCUT2D eigenvalue weighted by Crippen LogP contribution is -2.25. The second kappa shape index (κ2) is 7.13. The van der Waals surface area contributed by atoms with Crippen molar-refractivity contribution in [3.05, 3.63) is 59.4 Å². The summed E-state index contributed by atoms with van der Waals surface area (Å²) in [5.74, 6) is 0.904. The van der Waals surface area contributed by atoms with Crippen molar-refractivity contribution in [3.63, 3.8) is 0 Å². The van der Waals surface area contributed by atoms with Gasteiger partial charge in [0.25, 0.3) is 5.91 Å². The normalized spacial score (nSPS) is 12.7. The monoisotopic (exact) mass is 315 g/mol. The van der Waals surface area contributed by atoms with E-state index in [-0.39, 0.29) is 11.7 Å². The van der Waals surface area contributed by atoms with Crippen LogP contribution in [-0.4, -0.2) is 25.7 Å². The summed E-state index contributed by atoms with van der Waals surface area (Å²) < 4.78 is 23.7. The van der Waals surface area contributed by atoms with E-state index in [2.05, 4.69) is 5.32 Å². The van der Waals surface area contributed by atoms with Crippen molar-refractivity contribution >= 4 is 5.91 Å². The smallest absolute Gasteiger partial charge is 0.251 e. The summed E-state index contributed by atoms with van der Waals surface area (Å²) >= 11 is 0. The van der Waals surface area contributed by atoms with E-state index in [0.717, 1.165) is 18.4 Å². The highest BCUT2D eigenvalue weighted by Gasteiger charge is 2.14. The van der Waals surface area contributed by atoms with Crippen LogP contribution in [0, 0.1) is 5.82 Å². The van der Waals surface area contributed by atoms with Crippen LogP contribution in [0.5, 0.6) is 11.5 Å². The van der Waals surface area contributed by atoms with Gasteiger partial charge in [-0.05, 0) is 48.7 Å². The fraction of sp³-hybridized carbons (Fsp3) is 0.278. The lowest BCUT2D eigenvalue weighted by Gasteiger charge is -2.18. The number of carbonyl (C=O) groups excluding carboxylic acids is 1. The van der Waals surface area contributed by atoms with Crippen molar-refractivity contribution in [3.8, 4) is 11.5 Å². The van der Waals surface area contributed by atoms with Gasteiger partial charge in [0.15, 0.2) is 11.5 Å². The molecule has 3 rings (SSSR count). The summed E-state index contributed by atoms with van der Waals surface area (Å²) in [5, 5.41) is 2.88. The fourth-order valence-electron chi connectivity index (χ4n) is 2.43. The maximum absolute atomic E-state index is 12.8. The molecule has 120 valence electrons. The van der Waals surface area contributed by atoms with Crippen LogP contribution in [0.25, 0.3) is 0 Å². The lowest BCUT2D eigenvalue weighted by molar-refractivity contribution is 0.0952. The van der Waals surface area contributed by atoms with Crippen LogP contribution >= 0.6 is 0 Å². The zero-order valence-electron chi connectivity index (χ0n) is 12.7. The Bertz CT molecular complexity index is 685. The Morgan fingerprint density at radius 3 is 2.57 bits per heavy atom. The number of rotatable bonds is 5. The van der Waals surface area contributed by atoms with E-state index >= 15 is 0 Å². The summed E-state index contributed by atoms with van der Waals surface area (Å²) in [6, 6.07) is 11.6. The van der Waals surface area contributed by atoms with Crippen LogP contribution in [0.4, 0.5) is 4.39 Å². The maximum Gasteiger partial charge on any atom is 0.251 e. The maximum atomic E-state index is 12.8. The van der Waals surface area contributed by atoms with Gasteiger partial charge in [-0.3, -0.25) is 4.79 Å². The number of hydrogen-bond acceptors (Lipinski definition) is 3. The molecule has 4 nitrogen and oxygen atoms in total. The van der Waals surface area contributed by atoms with Crippen LogP contribution < -0.4 is 14.8 Å². The van der Waals surface area contributed by atoms with Crippen molar-refractivity contribution in [2.75, 3.05) is 19.8 Å². The van der Waals surface area contributed by atoms with Gasteiger partial charge in [0, 0.05) is 12.1 Å². The molecule has 1 amide bonds. The number of carbonyl (C=O) groups is 1. The molecule has 23 heavy (non-hydrogen) atoms. The van der Waals surface area contributed by atoms with E-state index in [1.807, 2.05) is 0 Å². The molecule has 2 aromatic rings.